The third-order valence-electron chi connectivity index (χ3n) is 2.95. The van der Waals surface area contributed by atoms with Crippen molar-refractivity contribution in [1.82, 2.24) is 15.1 Å². The first-order valence-electron chi connectivity index (χ1n) is 6.25. The van der Waals surface area contributed by atoms with E-state index in [-0.39, 0.29) is 18.3 Å². The minimum atomic E-state index is -0.242. The number of nitrogens with zero attached hydrogens (tertiary/aromatic N) is 3. The number of amides is 1. The van der Waals surface area contributed by atoms with E-state index in [0.29, 0.717) is 22.8 Å². The maximum Gasteiger partial charge on any atom is 0.242 e. The van der Waals surface area contributed by atoms with E-state index in [9.17, 15) is 4.79 Å². The Morgan fingerprint density at radius 3 is 2.95 bits per heavy atom. The van der Waals surface area contributed by atoms with Gasteiger partial charge >= 0.3 is 0 Å². The van der Waals surface area contributed by atoms with Crippen LogP contribution in [0.2, 0.25) is 5.02 Å². The number of nitrogens with one attached hydrogen (secondary N) is 1. The molecule has 0 aliphatic heterocycles. The minimum Gasteiger partial charge on any atom is -0.383 e. The Morgan fingerprint density at radius 1 is 1.57 bits per heavy atom. The van der Waals surface area contributed by atoms with Gasteiger partial charge in [0.15, 0.2) is 0 Å². The van der Waals surface area contributed by atoms with Crippen LogP contribution >= 0.6 is 11.6 Å². The van der Waals surface area contributed by atoms with Gasteiger partial charge in [0.1, 0.15) is 24.0 Å². The molecular formula is C14H14ClN5O. The third kappa shape index (κ3) is 3.52. The number of carbonyl (C=O) groups is 1. The van der Waals surface area contributed by atoms with E-state index >= 15 is 0 Å². The molecule has 1 amide bonds. The molecule has 108 valence electrons. The van der Waals surface area contributed by atoms with Crippen LogP contribution < -0.4 is 11.1 Å². The fraction of sp³-hybridized carbons (Fsp3) is 0.214. The molecule has 0 unspecified atom stereocenters. The van der Waals surface area contributed by atoms with E-state index in [1.165, 1.54) is 4.68 Å². The summed E-state index contributed by atoms with van der Waals surface area (Å²) in [6, 6.07) is 9.20. The quantitative estimate of drug-likeness (QED) is 0.897. The number of carbonyl (C=O) groups excluding carboxylic acids is 1. The Kier molecular flexibility index (Phi) is 4.45. The fourth-order valence-electron chi connectivity index (χ4n) is 1.90. The summed E-state index contributed by atoms with van der Waals surface area (Å²) >= 11 is 5.87. The summed E-state index contributed by atoms with van der Waals surface area (Å²) in [7, 11) is 0. The largest absolute Gasteiger partial charge is 0.383 e. The van der Waals surface area contributed by atoms with Gasteiger partial charge in [-0.15, -0.1) is 0 Å². The number of nitriles is 1. The van der Waals surface area contributed by atoms with Crippen LogP contribution in [-0.4, -0.2) is 15.7 Å². The zero-order valence-electron chi connectivity index (χ0n) is 11.4. The molecule has 7 heteroatoms. The highest BCUT2D eigenvalue weighted by molar-refractivity contribution is 6.30. The van der Waals surface area contributed by atoms with Crippen molar-refractivity contribution in [3.63, 3.8) is 0 Å². The van der Waals surface area contributed by atoms with Gasteiger partial charge in [0.25, 0.3) is 0 Å². The van der Waals surface area contributed by atoms with Gasteiger partial charge in [0, 0.05) is 11.6 Å². The van der Waals surface area contributed by atoms with Gasteiger partial charge in [-0.05, 0) is 24.6 Å². The van der Waals surface area contributed by atoms with Gasteiger partial charge in [0.05, 0.1) is 5.69 Å². The lowest BCUT2D eigenvalue weighted by molar-refractivity contribution is -0.122. The van der Waals surface area contributed by atoms with Gasteiger partial charge in [-0.3, -0.25) is 4.79 Å². The van der Waals surface area contributed by atoms with E-state index < -0.39 is 0 Å². The molecule has 21 heavy (non-hydrogen) atoms. The van der Waals surface area contributed by atoms with E-state index in [1.807, 2.05) is 18.2 Å². The predicted molar refractivity (Wildman–Crippen MR) is 79.4 cm³/mol. The van der Waals surface area contributed by atoms with E-state index in [2.05, 4.69) is 10.4 Å². The third-order valence-corrected chi connectivity index (χ3v) is 3.19. The molecule has 3 N–H and O–H groups in total. The van der Waals surface area contributed by atoms with Crippen LogP contribution in [0.25, 0.3) is 0 Å². The summed E-state index contributed by atoms with van der Waals surface area (Å²) in [4.78, 5) is 11.9. The number of nitrogen functional groups attached to an aromatic ring is 1. The normalized spacial score (nSPS) is 10.1. The fourth-order valence-corrected chi connectivity index (χ4v) is 2.11. The lowest BCUT2D eigenvalue weighted by atomic mass is 10.2. The average molecular weight is 304 g/mol. The van der Waals surface area contributed by atoms with Crippen molar-refractivity contribution < 1.29 is 4.79 Å². The summed E-state index contributed by atoms with van der Waals surface area (Å²) < 4.78 is 1.32. The Morgan fingerprint density at radius 2 is 2.33 bits per heavy atom. The zero-order chi connectivity index (χ0) is 15.4. The number of anilines is 1. The standard InChI is InChI=1S/C14H14ClN5O/c1-9-12(6-16)14(17)20(19-9)8-13(21)18-7-10-3-2-4-11(15)5-10/h2-5H,7-8,17H2,1H3,(H,18,21). The van der Waals surface area contributed by atoms with E-state index in [1.54, 1.807) is 19.1 Å². The van der Waals surface area contributed by atoms with Crippen LogP contribution in [0, 0.1) is 18.3 Å². The Hall–Kier alpha value is -2.52. The molecule has 0 aliphatic carbocycles. The molecule has 0 fully saturated rings. The molecular weight excluding hydrogens is 290 g/mol. The summed E-state index contributed by atoms with van der Waals surface area (Å²) in [5.74, 6) is -0.0402. The Balaban J connectivity index is 1.98. The predicted octanol–water partition coefficient (Wildman–Crippen LogP) is 1.62. The molecule has 1 heterocycles. The molecule has 0 saturated carbocycles. The highest BCUT2D eigenvalue weighted by Crippen LogP contribution is 2.14. The van der Waals surface area contributed by atoms with Crippen molar-refractivity contribution in [3.05, 3.63) is 46.1 Å². The van der Waals surface area contributed by atoms with Crippen LogP contribution in [0.1, 0.15) is 16.8 Å². The van der Waals surface area contributed by atoms with Crippen molar-refractivity contribution in [2.24, 2.45) is 0 Å². The molecule has 2 aromatic rings. The molecule has 0 bridgehead atoms. The lowest BCUT2D eigenvalue weighted by Gasteiger charge is -2.07. The number of rotatable bonds is 4. The summed E-state index contributed by atoms with van der Waals surface area (Å²) in [5, 5.41) is 16.4. The summed E-state index contributed by atoms with van der Waals surface area (Å²) in [6.45, 7) is 2.01. The van der Waals surface area contributed by atoms with Crippen LogP contribution in [0.5, 0.6) is 0 Å². The molecule has 1 aromatic heterocycles. The van der Waals surface area contributed by atoms with Crippen molar-refractivity contribution >= 4 is 23.3 Å². The smallest absolute Gasteiger partial charge is 0.242 e. The number of benzene rings is 1. The number of hydrogen-bond donors (Lipinski definition) is 2. The van der Waals surface area contributed by atoms with Crippen molar-refractivity contribution in [2.45, 2.75) is 20.0 Å². The summed E-state index contributed by atoms with van der Waals surface area (Å²) in [6.07, 6.45) is 0. The molecule has 0 radical (unpaired) electrons. The minimum absolute atomic E-state index is 0.0328. The topological polar surface area (TPSA) is 96.7 Å². The maximum absolute atomic E-state index is 11.9. The first-order valence-corrected chi connectivity index (χ1v) is 6.63. The van der Waals surface area contributed by atoms with Crippen molar-refractivity contribution in [1.29, 1.82) is 5.26 Å². The van der Waals surface area contributed by atoms with Crippen LogP contribution in [0.15, 0.2) is 24.3 Å². The zero-order valence-corrected chi connectivity index (χ0v) is 12.2. The monoisotopic (exact) mass is 303 g/mol. The maximum atomic E-state index is 11.9. The highest BCUT2D eigenvalue weighted by Gasteiger charge is 2.14. The molecule has 6 nitrogen and oxygen atoms in total. The second-order valence-electron chi connectivity index (χ2n) is 4.52. The summed E-state index contributed by atoms with van der Waals surface area (Å²) in [5.41, 5.74) is 7.49. The first kappa shape index (κ1) is 14.9. The number of nitrogens with two attached hydrogens (primary N) is 1. The van der Waals surface area contributed by atoms with Crippen molar-refractivity contribution in [2.75, 3.05) is 5.73 Å². The van der Waals surface area contributed by atoms with Gasteiger partial charge in [-0.25, -0.2) is 4.68 Å². The van der Waals surface area contributed by atoms with Gasteiger partial charge in [-0.2, -0.15) is 10.4 Å². The number of aromatic nitrogens is 2. The van der Waals surface area contributed by atoms with Crippen LogP contribution in [0.4, 0.5) is 5.82 Å². The number of aryl methyl sites for hydroxylation is 1. The van der Waals surface area contributed by atoms with Gasteiger partial charge < -0.3 is 11.1 Å². The Labute approximate surface area is 127 Å². The van der Waals surface area contributed by atoms with Gasteiger partial charge in [-0.1, -0.05) is 23.7 Å². The SMILES string of the molecule is Cc1nn(CC(=O)NCc2cccc(Cl)c2)c(N)c1C#N. The number of halogens is 1. The van der Waals surface area contributed by atoms with Crippen LogP contribution in [-0.2, 0) is 17.9 Å². The Bertz CT molecular complexity index is 717. The molecule has 0 spiro atoms. The highest BCUT2D eigenvalue weighted by atomic mass is 35.5. The molecule has 0 atom stereocenters. The van der Waals surface area contributed by atoms with E-state index in [0.717, 1.165) is 5.56 Å². The molecule has 0 saturated heterocycles. The number of hydrogen-bond acceptors (Lipinski definition) is 4. The molecule has 2 rings (SSSR count). The molecule has 1 aromatic carbocycles. The van der Waals surface area contributed by atoms with Crippen molar-refractivity contribution in [3.8, 4) is 6.07 Å². The lowest BCUT2D eigenvalue weighted by Crippen LogP contribution is -2.28. The second-order valence-corrected chi connectivity index (χ2v) is 4.96. The second kappa shape index (κ2) is 6.29. The average Bonchev–Trinajstić information content (AvgIpc) is 2.71. The molecule has 0 aliphatic rings. The first-order chi connectivity index (χ1) is 10.0. The van der Waals surface area contributed by atoms with Gasteiger partial charge in [0.2, 0.25) is 5.91 Å². The van der Waals surface area contributed by atoms with E-state index in [4.69, 9.17) is 22.6 Å². The van der Waals surface area contributed by atoms with Crippen LogP contribution in [0.3, 0.4) is 0 Å².